The van der Waals surface area contributed by atoms with Crippen molar-refractivity contribution in [2.45, 2.75) is 40.0 Å². The Labute approximate surface area is 168 Å². The fourth-order valence-corrected chi connectivity index (χ4v) is 2.63. The molecule has 2 rings (SSSR count). The van der Waals surface area contributed by atoms with Crippen LogP contribution in [0.25, 0.3) is 5.69 Å². The molecule has 27 heavy (non-hydrogen) atoms. The van der Waals surface area contributed by atoms with E-state index in [2.05, 4.69) is 57.4 Å². The molecule has 0 bridgehead atoms. The Bertz CT molecular complexity index is 766. The average Bonchev–Trinajstić information content (AvgIpc) is 2.95. The van der Waals surface area contributed by atoms with Crippen molar-refractivity contribution in [3.05, 3.63) is 41.1 Å². The summed E-state index contributed by atoms with van der Waals surface area (Å²) in [6.45, 7) is 11.9. The van der Waals surface area contributed by atoms with E-state index >= 15 is 0 Å². The fraction of sp³-hybridized carbons (Fsp3) is 0.500. The number of amides is 1. The second kappa shape index (κ2) is 9.88. The predicted molar refractivity (Wildman–Crippen MR) is 112 cm³/mol. The molecule has 0 saturated carbocycles. The van der Waals surface area contributed by atoms with Crippen LogP contribution >= 0.6 is 12.4 Å². The molecule has 0 radical (unpaired) electrons. The molecular weight excluding hydrogens is 364 g/mol. The quantitative estimate of drug-likeness (QED) is 0.706. The molecule has 0 unspecified atom stereocenters. The van der Waals surface area contributed by atoms with Gasteiger partial charge in [0.25, 0.3) is 0 Å². The molecule has 0 aliphatic carbocycles. The zero-order valence-electron chi connectivity index (χ0n) is 17.0. The molecule has 0 spiro atoms. The highest BCUT2D eigenvalue weighted by Crippen LogP contribution is 2.27. The number of halogens is 1. The van der Waals surface area contributed by atoms with E-state index in [4.69, 9.17) is 9.84 Å². The first-order valence-electron chi connectivity index (χ1n) is 8.90. The smallest absolute Gasteiger partial charge is 0.239 e. The van der Waals surface area contributed by atoms with Crippen LogP contribution in [0.15, 0.2) is 24.3 Å². The summed E-state index contributed by atoms with van der Waals surface area (Å²) < 4.78 is 6.80. The van der Waals surface area contributed by atoms with Gasteiger partial charge in [-0.25, -0.2) is 4.68 Å². The highest BCUT2D eigenvalue weighted by atomic mass is 35.5. The van der Waals surface area contributed by atoms with Gasteiger partial charge in [-0.15, -0.1) is 12.4 Å². The van der Waals surface area contributed by atoms with Gasteiger partial charge in [-0.05, 0) is 25.5 Å². The first-order chi connectivity index (χ1) is 12.2. The summed E-state index contributed by atoms with van der Waals surface area (Å²) in [5, 5.41) is 10.8. The Balaban J connectivity index is 0.00000364. The van der Waals surface area contributed by atoms with E-state index in [9.17, 15) is 4.79 Å². The zero-order valence-corrected chi connectivity index (χ0v) is 17.9. The summed E-state index contributed by atoms with van der Waals surface area (Å²) >= 11 is 0. The van der Waals surface area contributed by atoms with Gasteiger partial charge < -0.3 is 15.4 Å². The molecule has 1 aromatic carbocycles. The van der Waals surface area contributed by atoms with Crippen LogP contribution in [0, 0.1) is 13.8 Å². The largest absolute Gasteiger partial charge is 0.383 e. The molecule has 0 fully saturated rings. The van der Waals surface area contributed by atoms with E-state index in [0.29, 0.717) is 19.0 Å². The molecule has 0 atom stereocenters. The van der Waals surface area contributed by atoms with Crippen LogP contribution in [-0.4, -0.2) is 42.5 Å². The van der Waals surface area contributed by atoms with Crippen molar-refractivity contribution in [3.8, 4) is 5.69 Å². The van der Waals surface area contributed by atoms with E-state index in [1.807, 2.05) is 16.8 Å². The molecule has 0 aliphatic heterocycles. The average molecular weight is 395 g/mol. The van der Waals surface area contributed by atoms with Crippen molar-refractivity contribution < 1.29 is 9.53 Å². The summed E-state index contributed by atoms with van der Waals surface area (Å²) in [6.07, 6.45) is 0. The summed E-state index contributed by atoms with van der Waals surface area (Å²) in [4.78, 5) is 12.3. The number of anilines is 1. The standard InChI is InChI=1S/C20H30N4O2.ClH/c1-14-7-8-16(15(2)11-14)24-18(12-17(23-24)20(3,4)5)22-19(25)13-21-9-10-26-6;/h7-8,11-12,21H,9-10,13H2,1-6H3,(H,22,25);1H. The lowest BCUT2D eigenvalue weighted by atomic mass is 9.92. The maximum absolute atomic E-state index is 12.3. The number of nitrogens with one attached hydrogen (secondary N) is 2. The maximum atomic E-state index is 12.3. The Morgan fingerprint density at radius 3 is 2.52 bits per heavy atom. The highest BCUT2D eigenvalue weighted by Gasteiger charge is 2.22. The molecule has 7 heteroatoms. The molecule has 6 nitrogen and oxygen atoms in total. The van der Waals surface area contributed by atoms with Gasteiger partial charge in [0.15, 0.2) is 0 Å². The first kappa shape index (κ1) is 23.1. The van der Waals surface area contributed by atoms with Crippen LogP contribution in [-0.2, 0) is 14.9 Å². The van der Waals surface area contributed by atoms with Gasteiger partial charge in [0.05, 0.1) is 24.5 Å². The number of rotatable bonds is 7. The Morgan fingerprint density at radius 1 is 1.22 bits per heavy atom. The van der Waals surface area contributed by atoms with E-state index in [0.717, 1.165) is 16.9 Å². The van der Waals surface area contributed by atoms with Crippen LogP contribution in [0.3, 0.4) is 0 Å². The lowest BCUT2D eigenvalue weighted by Gasteiger charge is -2.14. The Morgan fingerprint density at radius 2 is 1.93 bits per heavy atom. The molecular formula is C20H31ClN4O2. The van der Waals surface area contributed by atoms with Gasteiger partial charge in [-0.3, -0.25) is 4.79 Å². The molecule has 2 aromatic rings. The van der Waals surface area contributed by atoms with Gasteiger partial charge in [0, 0.05) is 25.1 Å². The number of hydrogen-bond donors (Lipinski definition) is 2. The van der Waals surface area contributed by atoms with Crippen LogP contribution in [0.1, 0.15) is 37.6 Å². The first-order valence-corrected chi connectivity index (χ1v) is 8.90. The van der Waals surface area contributed by atoms with Gasteiger partial charge in [-0.1, -0.05) is 38.5 Å². The number of aryl methyl sites for hydroxylation is 2. The van der Waals surface area contributed by atoms with Crippen molar-refractivity contribution in [2.24, 2.45) is 0 Å². The van der Waals surface area contributed by atoms with Gasteiger partial charge in [0.2, 0.25) is 5.91 Å². The van der Waals surface area contributed by atoms with Crippen molar-refractivity contribution in [1.29, 1.82) is 0 Å². The summed E-state index contributed by atoms with van der Waals surface area (Å²) in [5.41, 5.74) is 4.10. The Hall–Kier alpha value is -1.89. The Kier molecular flexibility index (Phi) is 8.47. The predicted octanol–water partition coefficient (Wildman–Crippen LogP) is 3.38. The second-order valence-corrected chi connectivity index (χ2v) is 7.58. The number of methoxy groups -OCH3 is 1. The summed E-state index contributed by atoms with van der Waals surface area (Å²) in [7, 11) is 1.64. The van der Waals surface area contributed by atoms with E-state index < -0.39 is 0 Å². The molecule has 1 amide bonds. The number of hydrogen-bond acceptors (Lipinski definition) is 4. The highest BCUT2D eigenvalue weighted by molar-refractivity contribution is 5.91. The SMILES string of the molecule is COCCNCC(=O)Nc1cc(C(C)(C)C)nn1-c1ccc(C)cc1C.Cl. The van der Waals surface area contributed by atoms with Crippen LogP contribution in [0.4, 0.5) is 5.82 Å². The minimum atomic E-state index is -0.111. The number of carbonyl (C=O) groups is 1. The third-order valence-corrected chi connectivity index (χ3v) is 4.09. The van der Waals surface area contributed by atoms with Crippen LogP contribution in [0.5, 0.6) is 0 Å². The van der Waals surface area contributed by atoms with E-state index in [1.54, 1.807) is 7.11 Å². The van der Waals surface area contributed by atoms with E-state index in [-0.39, 0.29) is 30.3 Å². The van der Waals surface area contributed by atoms with Crippen molar-refractivity contribution >= 4 is 24.1 Å². The minimum Gasteiger partial charge on any atom is -0.383 e. The van der Waals surface area contributed by atoms with Crippen molar-refractivity contribution in [3.63, 3.8) is 0 Å². The van der Waals surface area contributed by atoms with Crippen molar-refractivity contribution in [1.82, 2.24) is 15.1 Å². The monoisotopic (exact) mass is 394 g/mol. The van der Waals surface area contributed by atoms with E-state index in [1.165, 1.54) is 5.56 Å². The summed E-state index contributed by atoms with van der Waals surface area (Å²) in [5.74, 6) is 0.577. The number of benzene rings is 1. The molecule has 2 N–H and O–H groups in total. The normalized spacial score (nSPS) is 11.2. The zero-order chi connectivity index (χ0) is 19.3. The minimum absolute atomic E-state index is 0. The number of carbonyl (C=O) groups excluding carboxylic acids is 1. The molecule has 1 heterocycles. The summed E-state index contributed by atoms with van der Waals surface area (Å²) in [6, 6.07) is 8.16. The van der Waals surface area contributed by atoms with Crippen LogP contribution < -0.4 is 10.6 Å². The van der Waals surface area contributed by atoms with Gasteiger partial charge in [-0.2, -0.15) is 5.10 Å². The lowest BCUT2D eigenvalue weighted by Crippen LogP contribution is -2.30. The van der Waals surface area contributed by atoms with Gasteiger partial charge >= 0.3 is 0 Å². The second-order valence-electron chi connectivity index (χ2n) is 7.58. The topological polar surface area (TPSA) is 68.2 Å². The number of nitrogens with zero attached hydrogens (tertiary/aromatic N) is 2. The fourth-order valence-electron chi connectivity index (χ4n) is 2.63. The third kappa shape index (κ3) is 6.34. The molecule has 0 aliphatic rings. The third-order valence-electron chi connectivity index (χ3n) is 4.09. The number of aromatic nitrogens is 2. The number of ether oxygens (including phenoxy) is 1. The van der Waals surface area contributed by atoms with Crippen molar-refractivity contribution in [2.75, 3.05) is 32.1 Å². The molecule has 0 saturated heterocycles. The maximum Gasteiger partial charge on any atom is 0.239 e. The lowest BCUT2D eigenvalue weighted by molar-refractivity contribution is -0.115. The molecule has 1 aromatic heterocycles. The van der Waals surface area contributed by atoms with Crippen LogP contribution in [0.2, 0.25) is 0 Å². The molecule has 150 valence electrons. The van der Waals surface area contributed by atoms with Gasteiger partial charge in [0.1, 0.15) is 5.82 Å².